The maximum atomic E-state index is 13.2. The van der Waals surface area contributed by atoms with E-state index in [1.807, 2.05) is 12.2 Å². The van der Waals surface area contributed by atoms with Crippen molar-refractivity contribution in [2.45, 2.75) is 43.9 Å². The topological polar surface area (TPSA) is 124 Å². The van der Waals surface area contributed by atoms with Crippen LogP contribution in [0.5, 0.6) is 5.75 Å². The van der Waals surface area contributed by atoms with Crippen molar-refractivity contribution >= 4 is 33.6 Å². The second kappa shape index (κ2) is 14.9. The summed E-state index contributed by atoms with van der Waals surface area (Å²) in [6.45, 7) is 2.36. The third kappa shape index (κ3) is 9.72. The van der Waals surface area contributed by atoms with E-state index in [9.17, 15) is 27.9 Å². The zero-order valence-electron chi connectivity index (χ0n) is 23.2. The van der Waals surface area contributed by atoms with Gasteiger partial charge in [0.25, 0.3) is 0 Å². The number of unbranched alkanes of at least 4 members (excludes halogenated alkanes) is 2. The van der Waals surface area contributed by atoms with Crippen LogP contribution in [0.15, 0.2) is 77.7 Å². The van der Waals surface area contributed by atoms with Gasteiger partial charge in [0.2, 0.25) is 0 Å². The third-order valence-electron chi connectivity index (χ3n) is 6.21. The molecule has 9 heteroatoms. The number of ether oxygens (including phenoxy) is 2. The number of benzene rings is 3. The Bertz CT molecular complexity index is 1500. The third-order valence-corrected chi connectivity index (χ3v) is 7.34. The molecule has 0 radical (unpaired) electrons. The van der Waals surface area contributed by atoms with Gasteiger partial charge in [-0.15, -0.1) is 0 Å². The molecule has 0 aliphatic carbocycles. The predicted molar refractivity (Wildman–Crippen MR) is 156 cm³/mol. The summed E-state index contributed by atoms with van der Waals surface area (Å²) in [6.07, 6.45) is 7.66. The maximum absolute atomic E-state index is 13.2. The van der Waals surface area contributed by atoms with Crippen molar-refractivity contribution in [2.75, 3.05) is 19.5 Å². The van der Waals surface area contributed by atoms with Gasteiger partial charge in [-0.1, -0.05) is 36.4 Å². The number of hydrogen-bond acceptors (Lipinski definition) is 7. The smallest absolute Gasteiger partial charge is 0.338 e. The Morgan fingerprint density at radius 1 is 0.902 bits per heavy atom. The van der Waals surface area contributed by atoms with E-state index in [1.54, 1.807) is 67.6 Å². The minimum Gasteiger partial charge on any atom is -0.493 e. The summed E-state index contributed by atoms with van der Waals surface area (Å²) in [6, 6.07) is 18.0. The van der Waals surface area contributed by atoms with Crippen molar-refractivity contribution < 1.29 is 37.4 Å². The number of hydrogen-bond donors (Lipinski definition) is 1. The number of sulfone groups is 1. The minimum absolute atomic E-state index is 0.109. The Kier molecular flexibility index (Phi) is 11.4. The molecule has 3 aromatic carbocycles. The highest BCUT2D eigenvalue weighted by Crippen LogP contribution is 2.24. The summed E-state index contributed by atoms with van der Waals surface area (Å²) < 4.78 is 34.1. The Labute approximate surface area is 240 Å². The molecule has 41 heavy (non-hydrogen) atoms. The first-order chi connectivity index (χ1) is 19.6. The van der Waals surface area contributed by atoms with Gasteiger partial charge in [-0.2, -0.15) is 0 Å². The fourth-order valence-electron chi connectivity index (χ4n) is 4.06. The minimum atomic E-state index is -3.21. The Balaban J connectivity index is 1.59. The van der Waals surface area contributed by atoms with E-state index >= 15 is 0 Å². The zero-order chi connectivity index (χ0) is 29.8. The molecule has 3 rings (SSSR count). The van der Waals surface area contributed by atoms with Crippen LogP contribution in [0, 0.1) is 0 Å². The van der Waals surface area contributed by atoms with Gasteiger partial charge in [-0.25, -0.2) is 13.2 Å². The van der Waals surface area contributed by atoms with Crippen molar-refractivity contribution in [3.63, 3.8) is 0 Å². The Morgan fingerprint density at radius 3 is 2.29 bits per heavy atom. The number of aliphatic carboxylic acids is 1. The maximum Gasteiger partial charge on any atom is 0.338 e. The number of carboxylic acid groups (broad SMARTS) is 1. The van der Waals surface area contributed by atoms with E-state index < -0.39 is 21.8 Å². The summed E-state index contributed by atoms with van der Waals surface area (Å²) in [7, 11) is -3.21. The second-order valence-corrected chi connectivity index (χ2v) is 11.5. The molecule has 0 saturated heterocycles. The van der Waals surface area contributed by atoms with E-state index in [4.69, 9.17) is 9.47 Å². The molecule has 0 atom stereocenters. The van der Waals surface area contributed by atoms with Crippen LogP contribution >= 0.6 is 0 Å². The predicted octanol–water partition coefficient (Wildman–Crippen LogP) is 5.78. The van der Waals surface area contributed by atoms with E-state index in [1.165, 1.54) is 12.3 Å². The normalized spacial score (nSPS) is 11.4. The molecular weight excluding hydrogens is 544 g/mol. The Hall–Kier alpha value is -4.24. The average Bonchev–Trinajstić information content (AvgIpc) is 2.95. The molecule has 0 aromatic heterocycles. The number of allylic oxidation sites excluding steroid dienone is 1. The molecule has 0 bridgehead atoms. The SMILES string of the molecule is CCOC(=O)c1cccc(C(=O)c2ccc(OCCCC/C=C/c3ccc(S(C)(=O)=O)cc3)c(CCC(=O)O)c2)c1. The van der Waals surface area contributed by atoms with Crippen molar-refractivity contribution in [1.29, 1.82) is 0 Å². The van der Waals surface area contributed by atoms with Gasteiger partial charge >= 0.3 is 11.9 Å². The number of aryl methyl sites for hydroxylation is 1. The number of carbonyl (C=O) groups is 3. The fourth-order valence-corrected chi connectivity index (χ4v) is 4.69. The molecule has 216 valence electrons. The molecule has 8 nitrogen and oxygen atoms in total. The lowest BCUT2D eigenvalue weighted by Gasteiger charge is -2.13. The molecule has 0 aliphatic rings. The molecule has 0 heterocycles. The van der Waals surface area contributed by atoms with Gasteiger partial charge in [-0.3, -0.25) is 9.59 Å². The van der Waals surface area contributed by atoms with Crippen molar-refractivity contribution in [2.24, 2.45) is 0 Å². The molecule has 0 saturated carbocycles. The molecular formula is C32H34O8S. The van der Waals surface area contributed by atoms with Crippen molar-refractivity contribution in [3.05, 3.63) is 101 Å². The standard InChI is InChI=1S/C32H34O8S/c1-3-39-32(36)27-11-8-10-25(22-27)31(35)26-14-18-29(24(21-26)15-19-30(33)34)40-20-7-5-4-6-9-23-12-16-28(17-13-23)41(2,37)38/h6,8-14,16-18,21-22H,3-5,7,15,19-20H2,1-2H3,(H,33,34)/b9-6+. The van der Waals surface area contributed by atoms with E-state index in [2.05, 4.69) is 0 Å². The second-order valence-electron chi connectivity index (χ2n) is 9.43. The number of carboxylic acids is 1. The molecule has 0 fully saturated rings. The van der Waals surface area contributed by atoms with Crippen LogP contribution in [0.25, 0.3) is 6.08 Å². The van der Waals surface area contributed by atoms with Gasteiger partial charge in [-0.05, 0) is 86.2 Å². The van der Waals surface area contributed by atoms with Gasteiger partial charge < -0.3 is 14.6 Å². The van der Waals surface area contributed by atoms with Crippen LogP contribution in [0.2, 0.25) is 0 Å². The quantitative estimate of drug-likeness (QED) is 0.137. The first kappa shape index (κ1) is 31.3. The lowest BCUT2D eigenvalue weighted by Crippen LogP contribution is -2.09. The number of rotatable bonds is 15. The van der Waals surface area contributed by atoms with E-state index in [0.29, 0.717) is 29.0 Å². The van der Waals surface area contributed by atoms with Crippen LogP contribution in [-0.4, -0.2) is 50.7 Å². The van der Waals surface area contributed by atoms with E-state index in [-0.39, 0.29) is 35.7 Å². The average molecular weight is 579 g/mol. The zero-order valence-corrected chi connectivity index (χ0v) is 24.0. The molecule has 3 aromatic rings. The molecule has 1 N–H and O–H groups in total. The molecule has 0 aliphatic heterocycles. The molecule has 0 amide bonds. The number of ketones is 1. The number of carbonyl (C=O) groups excluding carboxylic acids is 2. The van der Waals surface area contributed by atoms with Crippen LogP contribution in [0.3, 0.4) is 0 Å². The summed E-state index contributed by atoms with van der Waals surface area (Å²) in [5, 5.41) is 9.19. The van der Waals surface area contributed by atoms with Crippen molar-refractivity contribution in [1.82, 2.24) is 0 Å². The Morgan fingerprint density at radius 2 is 1.61 bits per heavy atom. The fraction of sp³-hybridized carbons (Fsp3) is 0.281. The summed E-state index contributed by atoms with van der Waals surface area (Å²) in [4.78, 5) is 36.7. The summed E-state index contributed by atoms with van der Waals surface area (Å²) in [5.74, 6) is -1.22. The van der Waals surface area contributed by atoms with Crippen LogP contribution < -0.4 is 4.74 Å². The first-order valence-corrected chi connectivity index (χ1v) is 15.2. The lowest BCUT2D eigenvalue weighted by atomic mass is 9.98. The van der Waals surface area contributed by atoms with Gasteiger partial charge in [0.15, 0.2) is 15.6 Å². The molecule has 0 spiro atoms. The highest BCUT2D eigenvalue weighted by molar-refractivity contribution is 7.90. The summed E-state index contributed by atoms with van der Waals surface area (Å²) >= 11 is 0. The highest BCUT2D eigenvalue weighted by atomic mass is 32.2. The number of esters is 1. The van der Waals surface area contributed by atoms with E-state index in [0.717, 1.165) is 24.8 Å². The van der Waals surface area contributed by atoms with Crippen LogP contribution in [0.4, 0.5) is 0 Å². The van der Waals surface area contributed by atoms with Crippen LogP contribution in [-0.2, 0) is 25.8 Å². The van der Waals surface area contributed by atoms with Crippen LogP contribution in [0.1, 0.15) is 70.0 Å². The van der Waals surface area contributed by atoms with Crippen molar-refractivity contribution in [3.8, 4) is 5.75 Å². The first-order valence-electron chi connectivity index (χ1n) is 13.3. The van der Waals surface area contributed by atoms with Gasteiger partial charge in [0.1, 0.15) is 5.75 Å². The largest absolute Gasteiger partial charge is 0.493 e. The lowest BCUT2D eigenvalue weighted by molar-refractivity contribution is -0.136. The van der Waals surface area contributed by atoms with Gasteiger partial charge in [0, 0.05) is 23.8 Å². The monoisotopic (exact) mass is 578 g/mol. The molecule has 0 unspecified atom stereocenters. The highest BCUT2D eigenvalue weighted by Gasteiger charge is 2.16. The van der Waals surface area contributed by atoms with Gasteiger partial charge in [0.05, 0.1) is 23.7 Å². The summed E-state index contributed by atoms with van der Waals surface area (Å²) in [5.41, 5.74) is 2.51.